The van der Waals surface area contributed by atoms with Crippen LogP contribution in [0, 0.1) is 0 Å². The average molecular weight is 501 g/mol. The first-order chi connectivity index (χ1) is 12.8. The second-order valence-corrected chi connectivity index (χ2v) is 7.61. The number of nitrogens with one attached hydrogen (secondary N) is 1. The highest BCUT2D eigenvalue weighted by molar-refractivity contribution is 14.0. The average Bonchev–Trinajstić information content (AvgIpc) is 3.24. The Morgan fingerprint density at radius 2 is 2.07 bits per heavy atom. The molecule has 3 rings (SSSR count). The first kappa shape index (κ1) is 22.2. The summed E-state index contributed by atoms with van der Waals surface area (Å²) in [5.41, 5.74) is 0.738. The monoisotopic (exact) mass is 501 g/mol. The van der Waals surface area contributed by atoms with Crippen LogP contribution in [0.15, 0.2) is 28.0 Å². The molecule has 9 nitrogen and oxygen atoms in total. The van der Waals surface area contributed by atoms with Gasteiger partial charge in [-0.15, -0.1) is 24.0 Å². The molecule has 0 aliphatic carbocycles. The molecule has 0 saturated carbocycles. The van der Waals surface area contributed by atoms with Gasteiger partial charge in [0.1, 0.15) is 12.3 Å². The first-order valence-electron chi connectivity index (χ1n) is 8.97. The predicted octanol–water partition coefficient (Wildman–Crippen LogP) is 1.75. The van der Waals surface area contributed by atoms with Crippen molar-refractivity contribution in [2.75, 3.05) is 31.6 Å². The highest BCUT2D eigenvalue weighted by Crippen LogP contribution is 2.22. The van der Waals surface area contributed by atoms with E-state index in [1.807, 2.05) is 18.1 Å². The highest BCUT2D eigenvalue weighted by atomic mass is 127. The van der Waals surface area contributed by atoms with Gasteiger partial charge in [0.25, 0.3) is 0 Å². The molecule has 2 aromatic rings. The maximum absolute atomic E-state index is 12.6. The summed E-state index contributed by atoms with van der Waals surface area (Å²) in [6.07, 6.45) is 5.31. The van der Waals surface area contributed by atoms with Crippen LogP contribution in [0.25, 0.3) is 0 Å². The molecule has 2 aromatic heterocycles. The van der Waals surface area contributed by atoms with E-state index in [0.29, 0.717) is 31.5 Å². The number of aryl methyl sites for hydroxylation is 1. The van der Waals surface area contributed by atoms with E-state index in [-0.39, 0.29) is 41.8 Å². The normalized spacial score (nSPS) is 15.6. The summed E-state index contributed by atoms with van der Waals surface area (Å²) in [5.74, 6) is 2.11. The zero-order chi connectivity index (χ0) is 19.6. The van der Waals surface area contributed by atoms with Crippen molar-refractivity contribution >= 4 is 41.5 Å². The predicted molar refractivity (Wildman–Crippen MR) is 118 cm³/mol. The van der Waals surface area contributed by atoms with E-state index in [1.165, 1.54) is 0 Å². The third-order valence-corrected chi connectivity index (χ3v) is 4.43. The molecule has 1 amide bonds. The lowest BCUT2D eigenvalue weighted by Gasteiger charge is -2.35. The van der Waals surface area contributed by atoms with Crippen molar-refractivity contribution in [3.63, 3.8) is 0 Å². The molecule has 3 heterocycles. The number of aliphatic imine (C=N–C) groups is 1. The van der Waals surface area contributed by atoms with Gasteiger partial charge < -0.3 is 19.5 Å². The number of anilines is 1. The van der Waals surface area contributed by atoms with Crippen molar-refractivity contribution in [3.8, 4) is 0 Å². The summed E-state index contributed by atoms with van der Waals surface area (Å²) in [6.45, 7) is 8.18. The molecule has 0 unspecified atom stereocenters. The number of hydrogen-bond donors (Lipinski definition) is 1. The lowest BCUT2D eigenvalue weighted by molar-refractivity contribution is -0.120. The Labute approximate surface area is 182 Å². The Morgan fingerprint density at radius 3 is 2.61 bits per heavy atom. The van der Waals surface area contributed by atoms with E-state index in [2.05, 4.69) is 41.2 Å². The number of hydrogen-bond acceptors (Lipinski definition) is 5. The molecule has 0 aromatic carbocycles. The summed E-state index contributed by atoms with van der Waals surface area (Å²) in [4.78, 5) is 24.8. The molecule has 28 heavy (non-hydrogen) atoms. The fourth-order valence-electron chi connectivity index (χ4n) is 2.90. The van der Waals surface area contributed by atoms with Crippen molar-refractivity contribution in [1.29, 1.82) is 0 Å². The quantitative estimate of drug-likeness (QED) is 0.392. The summed E-state index contributed by atoms with van der Waals surface area (Å²) in [7, 11) is 3.54. The molecule has 1 fully saturated rings. The lowest BCUT2D eigenvalue weighted by Crippen LogP contribution is -2.55. The number of carbonyl (C=O) groups excluding carboxylic acids is 1. The number of rotatable bonds is 3. The summed E-state index contributed by atoms with van der Waals surface area (Å²) in [5, 5.41) is 7.37. The number of nitrogens with zero attached hydrogens (tertiary/aromatic N) is 6. The SMILES string of the molecule is CN=C(NCc1ncc(C(C)(C)C)o1)N1CCN(c2cnn(C)c2)C(=O)C1.I. The van der Waals surface area contributed by atoms with Crippen molar-refractivity contribution < 1.29 is 9.21 Å². The molecular weight excluding hydrogens is 473 g/mol. The van der Waals surface area contributed by atoms with E-state index in [4.69, 9.17) is 4.42 Å². The standard InChI is InChI=1S/C18H27N7O2.HI/c1-18(2,3)14-9-20-15(27-14)10-21-17(19-4)24-6-7-25(16(26)12-24)13-8-22-23(5)11-13;/h8-9,11H,6-7,10,12H2,1-5H3,(H,19,21);1H. The first-order valence-corrected chi connectivity index (χ1v) is 8.97. The summed E-state index contributed by atoms with van der Waals surface area (Å²) in [6, 6.07) is 0. The van der Waals surface area contributed by atoms with E-state index in [9.17, 15) is 4.79 Å². The van der Waals surface area contributed by atoms with Crippen molar-refractivity contribution in [3.05, 3.63) is 30.2 Å². The Bertz CT molecular complexity index is 837. The van der Waals surface area contributed by atoms with E-state index < -0.39 is 0 Å². The Morgan fingerprint density at radius 1 is 1.32 bits per heavy atom. The number of piperazine rings is 1. The van der Waals surface area contributed by atoms with Crippen molar-refractivity contribution in [2.24, 2.45) is 12.0 Å². The number of carbonyl (C=O) groups is 1. The number of amides is 1. The van der Waals surface area contributed by atoms with Gasteiger partial charge in [-0.25, -0.2) is 4.98 Å². The third-order valence-electron chi connectivity index (χ3n) is 4.43. The van der Waals surface area contributed by atoms with Gasteiger partial charge in [0.05, 0.1) is 24.6 Å². The molecule has 0 spiro atoms. The van der Waals surface area contributed by atoms with E-state index in [1.54, 1.807) is 29.0 Å². The fraction of sp³-hybridized carbons (Fsp3) is 0.556. The van der Waals surface area contributed by atoms with Gasteiger partial charge in [-0.1, -0.05) is 20.8 Å². The van der Waals surface area contributed by atoms with E-state index >= 15 is 0 Å². The minimum Gasteiger partial charge on any atom is -0.443 e. The molecule has 1 N–H and O–H groups in total. The Hall–Kier alpha value is -2.11. The van der Waals surface area contributed by atoms with Crippen LogP contribution in [0.4, 0.5) is 5.69 Å². The second-order valence-electron chi connectivity index (χ2n) is 7.61. The Kier molecular flexibility index (Phi) is 7.07. The van der Waals surface area contributed by atoms with Gasteiger partial charge in [0.2, 0.25) is 11.8 Å². The number of halogens is 1. The number of oxazole rings is 1. The minimum atomic E-state index is -0.0814. The second kappa shape index (κ2) is 8.93. The molecule has 10 heteroatoms. The van der Waals surface area contributed by atoms with Crippen LogP contribution in [-0.2, 0) is 23.8 Å². The van der Waals surface area contributed by atoms with Crippen LogP contribution in [0.5, 0.6) is 0 Å². The van der Waals surface area contributed by atoms with Gasteiger partial charge >= 0.3 is 0 Å². The zero-order valence-corrected chi connectivity index (χ0v) is 19.3. The van der Waals surface area contributed by atoms with Gasteiger partial charge in [0.15, 0.2) is 5.96 Å². The molecular formula is C18H28IN7O2. The zero-order valence-electron chi connectivity index (χ0n) is 17.0. The molecule has 1 aliphatic rings. The van der Waals surface area contributed by atoms with Crippen LogP contribution in [0.1, 0.15) is 32.4 Å². The minimum absolute atomic E-state index is 0. The molecule has 0 atom stereocenters. The van der Waals surface area contributed by atoms with Crippen LogP contribution in [0.3, 0.4) is 0 Å². The maximum Gasteiger partial charge on any atom is 0.246 e. The van der Waals surface area contributed by atoms with Gasteiger partial charge in [0, 0.05) is 38.8 Å². The van der Waals surface area contributed by atoms with Gasteiger partial charge in [-0.3, -0.25) is 14.5 Å². The Balaban J connectivity index is 0.00000280. The van der Waals surface area contributed by atoms with E-state index in [0.717, 1.165) is 11.4 Å². The molecule has 0 bridgehead atoms. The molecule has 1 aliphatic heterocycles. The van der Waals surface area contributed by atoms with Crippen LogP contribution in [-0.4, -0.2) is 58.2 Å². The smallest absolute Gasteiger partial charge is 0.246 e. The summed E-state index contributed by atoms with van der Waals surface area (Å²) >= 11 is 0. The third kappa shape index (κ3) is 5.03. The lowest BCUT2D eigenvalue weighted by atomic mass is 9.94. The fourth-order valence-corrected chi connectivity index (χ4v) is 2.90. The van der Waals surface area contributed by atoms with Crippen molar-refractivity contribution in [2.45, 2.75) is 32.7 Å². The maximum atomic E-state index is 12.6. The molecule has 154 valence electrons. The highest BCUT2D eigenvalue weighted by Gasteiger charge is 2.28. The number of aromatic nitrogens is 3. The number of guanidine groups is 1. The van der Waals surface area contributed by atoms with Crippen molar-refractivity contribution in [1.82, 2.24) is 25.0 Å². The molecule has 1 saturated heterocycles. The summed E-state index contributed by atoms with van der Waals surface area (Å²) < 4.78 is 7.49. The van der Waals surface area contributed by atoms with Crippen LogP contribution >= 0.6 is 24.0 Å². The van der Waals surface area contributed by atoms with Gasteiger partial charge in [-0.05, 0) is 0 Å². The topological polar surface area (TPSA) is 91.8 Å². The van der Waals surface area contributed by atoms with Gasteiger partial charge in [-0.2, -0.15) is 5.10 Å². The van der Waals surface area contributed by atoms with Crippen LogP contribution < -0.4 is 10.2 Å². The van der Waals surface area contributed by atoms with Crippen LogP contribution in [0.2, 0.25) is 0 Å². The molecule has 0 radical (unpaired) electrons. The largest absolute Gasteiger partial charge is 0.443 e.